The molecule has 1 saturated carbocycles. The molecule has 0 unspecified atom stereocenters. The number of carbonyl (C=O) groups excluding carboxylic acids is 1. The lowest BCUT2D eigenvalue weighted by atomic mass is 9.96. The molecule has 208 valence electrons. The smallest absolute Gasteiger partial charge is 0.317 e. The highest BCUT2D eigenvalue weighted by atomic mass is 19.4. The highest BCUT2D eigenvalue weighted by molar-refractivity contribution is 6.10. The second-order valence-electron chi connectivity index (χ2n) is 10.7. The van der Waals surface area contributed by atoms with Crippen LogP contribution in [0.3, 0.4) is 0 Å². The number of nitrogens with zero attached hydrogens (tertiary/aromatic N) is 7. The lowest BCUT2D eigenvalue weighted by Gasteiger charge is -2.19. The largest absolute Gasteiger partial charge is 0.401 e. The number of alkyl halides is 3. The molecule has 0 saturated heterocycles. The molecular weight excluding hydrogens is 531 g/mol. The minimum absolute atomic E-state index is 0.0726. The van der Waals surface area contributed by atoms with Gasteiger partial charge in [-0.2, -0.15) is 18.4 Å². The minimum atomic E-state index is -4.30. The van der Waals surface area contributed by atoms with Crippen LogP contribution in [0.4, 0.5) is 19.0 Å². The normalized spacial score (nSPS) is 15.0. The van der Waals surface area contributed by atoms with E-state index < -0.39 is 12.7 Å². The van der Waals surface area contributed by atoms with E-state index in [4.69, 9.17) is 4.98 Å². The maximum absolute atomic E-state index is 13.6. The number of nitriles is 1. The van der Waals surface area contributed by atoms with E-state index in [1.54, 1.807) is 40.1 Å². The molecule has 1 amide bonds. The molecule has 6 rings (SSSR count). The van der Waals surface area contributed by atoms with Crippen LogP contribution in [0.1, 0.15) is 51.5 Å². The van der Waals surface area contributed by atoms with Gasteiger partial charge >= 0.3 is 6.18 Å². The van der Waals surface area contributed by atoms with E-state index in [1.807, 2.05) is 31.3 Å². The van der Waals surface area contributed by atoms with Crippen LogP contribution < -0.4 is 4.90 Å². The van der Waals surface area contributed by atoms with Gasteiger partial charge in [0.2, 0.25) is 0 Å². The van der Waals surface area contributed by atoms with Gasteiger partial charge in [0.25, 0.3) is 5.91 Å². The number of rotatable bonds is 7. The fourth-order valence-electron chi connectivity index (χ4n) is 5.30. The summed E-state index contributed by atoms with van der Waals surface area (Å²) in [6.07, 6.45) is -0.665. The molecule has 1 aliphatic heterocycles. The lowest BCUT2D eigenvalue weighted by Crippen LogP contribution is -2.30. The van der Waals surface area contributed by atoms with Crippen molar-refractivity contribution in [2.45, 2.75) is 38.0 Å². The molecule has 2 aliphatic rings. The third-order valence-corrected chi connectivity index (χ3v) is 7.40. The van der Waals surface area contributed by atoms with Crippen LogP contribution >= 0.6 is 0 Å². The summed E-state index contributed by atoms with van der Waals surface area (Å²) in [6, 6.07) is 16.8. The Kier molecular flexibility index (Phi) is 6.58. The van der Waals surface area contributed by atoms with Crippen molar-refractivity contribution >= 4 is 11.7 Å². The van der Waals surface area contributed by atoms with E-state index in [-0.39, 0.29) is 12.5 Å². The van der Waals surface area contributed by atoms with Crippen LogP contribution in [0.5, 0.6) is 0 Å². The molecule has 1 aliphatic carbocycles. The third-order valence-electron chi connectivity index (χ3n) is 7.40. The van der Waals surface area contributed by atoms with Gasteiger partial charge in [-0.3, -0.25) is 14.6 Å². The molecule has 0 spiro atoms. The molecule has 2 aromatic carbocycles. The fourth-order valence-corrected chi connectivity index (χ4v) is 5.30. The van der Waals surface area contributed by atoms with Crippen molar-refractivity contribution in [3.63, 3.8) is 0 Å². The van der Waals surface area contributed by atoms with Gasteiger partial charge in [0.05, 0.1) is 24.7 Å². The summed E-state index contributed by atoms with van der Waals surface area (Å²) in [5, 5.41) is 17.8. The summed E-state index contributed by atoms with van der Waals surface area (Å²) in [7, 11) is 3.24. The third kappa shape index (κ3) is 5.43. The Hall–Kier alpha value is -4.56. The highest BCUT2D eigenvalue weighted by Gasteiger charge is 2.33. The molecule has 3 heterocycles. The quantitative estimate of drug-likeness (QED) is 0.300. The van der Waals surface area contributed by atoms with E-state index in [0.29, 0.717) is 40.8 Å². The van der Waals surface area contributed by atoms with Gasteiger partial charge in [-0.1, -0.05) is 18.2 Å². The molecule has 0 N–H and O–H groups in total. The predicted molar refractivity (Wildman–Crippen MR) is 146 cm³/mol. The number of amides is 1. The van der Waals surface area contributed by atoms with Gasteiger partial charge in [-0.15, -0.1) is 10.2 Å². The zero-order valence-corrected chi connectivity index (χ0v) is 22.5. The van der Waals surface area contributed by atoms with Crippen molar-refractivity contribution in [3.8, 4) is 28.6 Å². The second-order valence-corrected chi connectivity index (χ2v) is 10.7. The molecule has 41 heavy (non-hydrogen) atoms. The summed E-state index contributed by atoms with van der Waals surface area (Å²) in [6.45, 7) is -0.642. The average molecular weight is 558 g/mol. The average Bonchev–Trinajstić information content (AvgIpc) is 3.62. The number of pyridine rings is 1. The molecule has 8 nitrogen and oxygen atoms in total. The summed E-state index contributed by atoms with van der Waals surface area (Å²) < 4.78 is 40.2. The number of hydrogen-bond donors (Lipinski definition) is 0. The zero-order chi connectivity index (χ0) is 28.9. The number of aromatic nitrogens is 4. The number of halogens is 3. The Morgan fingerprint density at radius 1 is 1.07 bits per heavy atom. The second kappa shape index (κ2) is 10.1. The van der Waals surface area contributed by atoms with Crippen LogP contribution in [0, 0.1) is 11.3 Å². The maximum atomic E-state index is 13.6. The standard InChI is InChI=1S/C30H26F3N7O/c1-38(16-30(31,32)33)14-19-3-5-21-15-40(29(41)24(21)10-19)27-12-22(11-26(36-27)20-6-7-20)23-8-4-18(13-34)9-25(23)28-37-35-17-39(28)2/h3-5,8-12,17,20H,6-7,14-16H2,1-2H3. The summed E-state index contributed by atoms with van der Waals surface area (Å²) in [4.78, 5) is 21.3. The first-order valence-corrected chi connectivity index (χ1v) is 13.2. The van der Waals surface area contributed by atoms with Crippen LogP contribution in [0.25, 0.3) is 22.5 Å². The Balaban J connectivity index is 1.36. The topological polar surface area (TPSA) is 90.9 Å². The van der Waals surface area contributed by atoms with Crippen molar-refractivity contribution in [2.24, 2.45) is 7.05 Å². The molecule has 2 aromatic heterocycles. The van der Waals surface area contributed by atoms with E-state index in [0.717, 1.165) is 40.8 Å². The maximum Gasteiger partial charge on any atom is 0.401 e. The highest BCUT2D eigenvalue weighted by Crippen LogP contribution is 2.43. The number of fused-ring (bicyclic) bond motifs is 1. The molecule has 0 atom stereocenters. The molecule has 0 bridgehead atoms. The van der Waals surface area contributed by atoms with Crippen molar-refractivity contribution in [1.82, 2.24) is 24.6 Å². The number of aryl methyl sites for hydroxylation is 1. The summed E-state index contributed by atoms with van der Waals surface area (Å²) in [5.74, 6) is 1.19. The monoisotopic (exact) mass is 557 g/mol. The molecule has 11 heteroatoms. The molecular formula is C30H26F3N7O. The van der Waals surface area contributed by atoms with E-state index in [2.05, 4.69) is 16.3 Å². The van der Waals surface area contributed by atoms with Gasteiger partial charge < -0.3 is 4.57 Å². The Labute approximate surface area is 234 Å². The SMILES string of the molecule is CN(Cc1ccc2c(c1)C(=O)N(c1cc(-c3ccc(C#N)cc3-c3nncn3C)cc(C3CC3)n1)C2)CC(F)(F)F. The van der Waals surface area contributed by atoms with Gasteiger partial charge in [-0.05, 0) is 72.5 Å². The molecule has 1 fully saturated rings. The van der Waals surface area contributed by atoms with Crippen LogP contribution in [-0.4, -0.2) is 50.3 Å². The molecule has 4 aromatic rings. The number of anilines is 1. The van der Waals surface area contributed by atoms with Gasteiger partial charge in [0, 0.05) is 36.3 Å². The van der Waals surface area contributed by atoms with Gasteiger partial charge in [-0.25, -0.2) is 4.98 Å². The predicted octanol–water partition coefficient (Wildman–Crippen LogP) is 5.45. The first-order chi connectivity index (χ1) is 19.6. The zero-order valence-electron chi connectivity index (χ0n) is 22.5. The Bertz CT molecular complexity index is 1700. The number of hydrogen-bond acceptors (Lipinski definition) is 6. The van der Waals surface area contributed by atoms with E-state index in [9.17, 15) is 23.2 Å². The van der Waals surface area contributed by atoms with Gasteiger partial charge in [0.1, 0.15) is 12.1 Å². The van der Waals surface area contributed by atoms with Crippen molar-refractivity contribution in [2.75, 3.05) is 18.5 Å². The van der Waals surface area contributed by atoms with E-state index >= 15 is 0 Å². The summed E-state index contributed by atoms with van der Waals surface area (Å²) in [5.41, 5.74) is 5.72. The van der Waals surface area contributed by atoms with Crippen molar-refractivity contribution in [3.05, 3.63) is 82.8 Å². The summed E-state index contributed by atoms with van der Waals surface area (Å²) >= 11 is 0. The van der Waals surface area contributed by atoms with Crippen molar-refractivity contribution in [1.29, 1.82) is 5.26 Å². The Morgan fingerprint density at radius 2 is 1.88 bits per heavy atom. The number of benzene rings is 2. The lowest BCUT2D eigenvalue weighted by molar-refractivity contribution is -0.144. The fraction of sp³-hybridized carbons (Fsp3) is 0.300. The number of carbonyl (C=O) groups is 1. The van der Waals surface area contributed by atoms with Crippen LogP contribution in [-0.2, 0) is 20.1 Å². The van der Waals surface area contributed by atoms with Crippen molar-refractivity contribution < 1.29 is 18.0 Å². The minimum Gasteiger partial charge on any atom is -0.317 e. The Morgan fingerprint density at radius 3 is 2.56 bits per heavy atom. The first kappa shape index (κ1) is 26.7. The first-order valence-electron chi connectivity index (χ1n) is 13.2. The van der Waals surface area contributed by atoms with Crippen LogP contribution in [0.15, 0.2) is 54.9 Å². The molecule has 0 radical (unpaired) electrons. The van der Waals surface area contributed by atoms with E-state index in [1.165, 1.54) is 11.9 Å². The van der Waals surface area contributed by atoms with Crippen LogP contribution in [0.2, 0.25) is 0 Å². The van der Waals surface area contributed by atoms with Gasteiger partial charge in [0.15, 0.2) is 5.82 Å².